The molecular formula is C18H18N2O4. The number of rotatable bonds is 6. The molecule has 2 aromatic heterocycles. The highest BCUT2D eigenvalue weighted by Gasteiger charge is 2.22. The van der Waals surface area contributed by atoms with Crippen LogP contribution in [0.5, 0.6) is 5.75 Å². The summed E-state index contributed by atoms with van der Waals surface area (Å²) in [6.07, 6.45) is 2.19. The fourth-order valence-corrected chi connectivity index (χ4v) is 2.53. The van der Waals surface area contributed by atoms with Crippen molar-refractivity contribution >= 4 is 5.91 Å². The van der Waals surface area contributed by atoms with Crippen LogP contribution in [0.25, 0.3) is 11.5 Å². The van der Waals surface area contributed by atoms with E-state index in [4.69, 9.17) is 13.7 Å². The Morgan fingerprint density at radius 2 is 2.08 bits per heavy atom. The third kappa shape index (κ3) is 3.17. The normalized spacial score (nSPS) is 10.6. The second kappa shape index (κ2) is 7.04. The second-order valence-electron chi connectivity index (χ2n) is 5.26. The number of nitrogens with one attached hydrogen (secondary N) is 1. The highest BCUT2D eigenvalue weighted by Crippen LogP contribution is 2.25. The Balaban J connectivity index is 1.69. The van der Waals surface area contributed by atoms with Crippen LogP contribution in [0.4, 0.5) is 0 Å². The topological polar surface area (TPSA) is 77.5 Å². The Labute approximate surface area is 139 Å². The molecule has 6 heteroatoms. The number of aromatic nitrogens is 1. The van der Waals surface area contributed by atoms with Crippen LogP contribution in [0.15, 0.2) is 51.6 Å². The molecule has 0 aliphatic carbocycles. The monoisotopic (exact) mass is 326 g/mol. The van der Waals surface area contributed by atoms with Gasteiger partial charge in [0.2, 0.25) is 0 Å². The minimum Gasteiger partial charge on any atom is -0.496 e. The molecule has 0 unspecified atom stereocenters. The molecule has 3 aromatic rings. The summed E-state index contributed by atoms with van der Waals surface area (Å²) in [5.41, 5.74) is 1.84. The van der Waals surface area contributed by atoms with Gasteiger partial charge in [0.05, 0.1) is 13.4 Å². The van der Waals surface area contributed by atoms with E-state index in [1.807, 2.05) is 24.3 Å². The van der Waals surface area contributed by atoms with Crippen LogP contribution in [-0.4, -0.2) is 24.7 Å². The molecule has 0 atom stereocenters. The van der Waals surface area contributed by atoms with Crippen molar-refractivity contribution in [2.24, 2.45) is 0 Å². The summed E-state index contributed by atoms with van der Waals surface area (Å²) < 4.78 is 15.8. The first-order valence-electron chi connectivity index (χ1n) is 7.61. The Kier molecular flexibility index (Phi) is 4.65. The maximum absolute atomic E-state index is 12.5. The summed E-state index contributed by atoms with van der Waals surface area (Å²) in [5.74, 6) is 1.53. The molecule has 24 heavy (non-hydrogen) atoms. The van der Waals surface area contributed by atoms with Crippen molar-refractivity contribution in [2.45, 2.75) is 13.3 Å². The van der Waals surface area contributed by atoms with Crippen molar-refractivity contribution in [3.05, 3.63) is 59.5 Å². The van der Waals surface area contributed by atoms with Gasteiger partial charge in [-0.05, 0) is 37.1 Å². The summed E-state index contributed by atoms with van der Waals surface area (Å²) >= 11 is 0. The summed E-state index contributed by atoms with van der Waals surface area (Å²) in [4.78, 5) is 12.5. The van der Waals surface area contributed by atoms with Gasteiger partial charge in [0, 0.05) is 6.54 Å². The average Bonchev–Trinajstić information content (AvgIpc) is 3.24. The molecule has 1 amide bonds. The average molecular weight is 326 g/mol. The Hall–Kier alpha value is -3.02. The number of benzene rings is 1. The van der Waals surface area contributed by atoms with Gasteiger partial charge < -0.3 is 19.0 Å². The highest BCUT2D eigenvalue weighted by atomic mass is 16.5. The molecule has 0 radical (unpaired) electrons. The van der Waals surface area contributed by atoms with Crippen molar-refractivity contribution < 1.29 is 18.5 Å². The van der Waals surface area contributed by atoms with Gasteiger partial charge in [0.1, 0.15) is 17.1 Å². The summed E-state index contributed by atoms with van der Waals surface area (Å²) in [6.45, 7) is 2.18. The number of para-hydroxylation sites is 1. The molecule has 1 N–H and O–H groups in total. The number of hydrogen-bond acceptors (Lipinski definition) is 5. The van der Waals surface area contributed by atoms with Crippen LogP contribution in [0.3, 0.4) is 0 Å². The van der Waals surface area contributed by atoms with Crippen molar-refractivity contribution in [1.82, 2.24) is 10.5 Å². The lowest BCUT2D eigenvalue weighted by molar-refractivity contribution is 0.0953. The minimum atomic E-state index is -0.241. The summed E-state index contributed by atoms with van der Waals surface area (Å²) in [6, 6.07) is 11.2. The lowest BCUT2D eigenvalue weighted by Crippen LogP contribution is -2.26. The molecule has 0 aliphatic rings. The number of furan rings is 1. The molecule has 0 saturated heterocycles. The van der Waals surface area contributed by atoms with Gasteiger partial charge in [-0.25, -0.2) is 0 Å². The molecule has 3 rings (SSSR count). The number of ether oxygens (including phenoxy) is 1. The number of aryl methyl sites for hydroxylation is 1. The molecule has 0 fully saturated rings. The zero-order valence-electron chi connectivity index (χ0n) is 13.5. The van der Waals surface area contributed by atoms with E-state index in [-0.39, 0.29) is 5.91 Å². The number of carbonyl (C=O) groups excluding carboxylic acids is 1. The fraction of sp³-hybridized carbons (Fsp3) is 0.222. The second-order valence-corrected chi connectivity index (χ2v) is 5.26. The Morgan fingerprint density at radius 1 is 1.25 bits per heavy atom. The molecular weight excluding hydrogens is 308 g/mol. The molecule has 6 nitrogen and oxygen atoms in total. The van der Waals surface area contributed by atoms with E-state index < -0.39 is 0 Å². The van der Waals surface area contributed by atoms with Crippen LogP contribution in [-0.2, 0) is 6.42 Å². The third-order valence-corrected chi connectivity index (χ3v) is 3.72. The van der Waals surface area contributed by atoms with Crippen molar-refractivity contribution in [1.29, 1.82) is 0 Å². The van der Waals surface area contributed by atoms with E-state index in [9.17, 15) is 4.79 Å². The van der Waals surface area contributed by atoms with Gasteiger partial charge in [0.25, 0.3) is 5.91 Å². The van der Waals surface area contributed by atoms with E-state index >= 15 is 0 Å². The number of methoxy groups -OCH3 is 1. The smallest absolute Gasteiger partial charge is 0.257 e. The maximum atomic E-state index is 12.5. The first-order valence-corrected chi connectivity index (χ1v) is 7.61. The van der Waals surface area contributed by atoms with Crippen LogP contribution >= 0.6 is 0 Å². The predicted octanol–water partition coefficient (Wildman–Crippen LogP) is 3.22. The van der Waals surface area contributed by atoms with Crippen LogP contribution in [0.1, 0.15) is 21.7 Å². The van der Waals surface area contributed by atoms with Crippen LogP contribution < -0.4 is 10.1 Å². The molecule has 124 valence electrons. The number of amides is 1. The zero-order chi connectivity index (χ0) is 16.9. The van der Waals surface area contributed by atoms with E-state index in [0.29, 0.717) is 35.7 Å². The lowest BCUT2D eigenvalue weighted by atomic mass is 10.1. The van der Waals surface area contributed by atoms with Gasteiger partial charge >= 0.3 is 0 Å². The fourth-order valence-electron chi connectivity index (χ4n) is 2.53. The number of hydrogen-bond donors (Lipinski definition) is 1. The summed E-state index contributed by atoms with van der Waals surface area (Å²) in [7, 11) is 1.63. The van der Waals surface area contributed by atoms with E-state index in [2.05, 4.69) is 10.5 Å². The summed E-state index contributed by atoms with van der Waals surface area (Å²) in [5, 5.41) is 6.82. The highest BCUT2D eigenvalue weighted by molar-refractivity contribution is 6.00. The van der Waals surface area contributed by atoms with Crippen molar-refractivity contribution in [3.8, 4) is 17.2 Å². The van der Waals surface area contributed by atoms with Crippen molar-refractivity contribution in [3.63, 3.8) is 0 Å². The quantitative estimate of drug-likeness (QED) is 0.752. The number of nitrogens with zero attached hydrogens (tertiary/aromatic N) is 1. The lowest BCUT2D eigenvalue weighted by Gasteiger charge is -2.09. The Morgan fingerprint density at radius 3 is 2.83 bits per heavy atom. The molecule has 2 heterocycles. The van der Waals surface area contributed by atoms with Crippen LogP contribution in [0, 0.1) is 6.92 Å². The SMILES string of the molecule is COc1ccccc1CCNC(=O)c1c(-c2ccco2)noc1C. The molecule has 0 saturated carbocycles. The van der Waals surface area contributed by atoms with Crippen LogP contribution in [0.2, 0.25) is 0 Å². The van der Waals surface area contributed by atoms with Gasteiger partial charge in [0.15, 0.2) is 11.5 Å². The van der Waals surface area contributed by atoms with Crippen molar-refractivity contribution in [2.75, 3.05) is 13.7 Å². The van der Waals surface area contributed by atoms with Gasteiger partial charge in [-0.3, -0.25) is 4.79 Å². The minimum absolute atomic E-state index is 0.241. The van der Waals surface area contributed by atoms with Gasteiger partial charge in [-0.15, -0.1) is 0 Å². The van der Waals surface area contributed by atoms with E-state index in [1.165, 1.54) is 6.26 Å². The first-order chi connectivity index (χ1) is 11.7. The largest absolute Gasteiger partial charge is 0.496 e. The predicted molar refractivity (Wildman–Crippen MR) is 88.0 cm³/mol. The molecule has 0 bridgehead atoms. The zero-order valence-corrected chi connectivity index (χ0v) is 13.5. The van der Waals surface area contributed by atoms with Gasteiger partial charge in [-0.1, -0.05) is 23.4 Å². The first kappa shape index (κ1) is 15.9. The van der Waals surface area contributed by atoms with E-state index in [0.717, 1.165) is 11.3 Å². The van der Waals surface area contributed by atoms with E-state index in [1.54, 1.807) is 26.2 Å². The molecule has 1 aromatic carbocycles. The number of carbonyl (C=O) groups is 1. The van der Waals surface area contributed by atoms with Gasteiger partial charge in [-0.2, -0.15) is 0 Å². The third-order valence-electron chi connectivity index (χ3n) is 3.72. The standard InChI is InChI=1S/C18H18N2O4/c1-12-16(17(20-24-12)15-8-5-11-23-15)18(21)19-10-9-13-6-3-4-7-14(13)22-2/h3-8,11H,9-10H2,1-2H3,(H,19,21). The molecule has 0 aliphatic heterocycles. The Bertz CT molecular complexity index is 821. The maximum Gasteiger partial charge on any atom is 0.257 e. The molecule has 0 spiro atoms.